The second-order valence-electron chi connectivity index (χ2n) is 31.3. The van der Waals surface area contributed by atoms with Gasteiger partial charge < -0.3 is 33.8 Å². The first kappa shape index (κ1) is 100. The molecule has 2 unspecified atom stereocenters. The summed E-state index contributed by atoms with van der Waals surface area (Å²) in [6.07, 6.45) is 62.3. The van der Waals surface area contributed by atoms with Crippen LogP contribution in [0, 0.1) is 17.8 Å². The number of unbranched alkanes of at least 4 members (excludes halogenated alkanes) is 49. The van der Waals surface area contributed by atoms with E-state index >= 15 is 0 Å². The van der Waals surface area contributed by atoms with Gasteiger partial charge in [-0.3, -0.25) is 37.3 Å². The van der Waals surface area contributed by atoms with Crippen molar-refractivity contribution in [2.24, 2.45) is 17.8 Å². The molecule has 17 nitrogen and oxygen atoms in total. The van der Waals surface area contributed by atoms with Crippen LogP contribution in [0.1, 0.15) is 434 Å². The van der Waals surface area contributed by atoms with Crippen molar-refractivity contribution in [2.75, 3.05) is 39.6 Å². The molecule has 0 aromatic heterocycles. The summed E-state index contributed by atoms with van der Waals surface area (Å²) in [6, 6.07) is 0. The van der Waals surface area contributed by atoms with E-state index in [-0.39, 0.29) is 25.7 Å². The minimum atomic E-state index is -4.96. The number of rotatable bonds is 81. The minimum absolute atomic E-state index is 0.108. The topological polar surface area (TPSA) is 237 Å². The Kier molecular flexibility index (Phi) is 71.8. The molecule has 0 fully saturated rings. The molecule has 0 aromatic carbocycles. The Bertz CT molecular complexity index is 1970. The SMILES string of the molecule is CCCCCCCCCCCCCCCCC(=O)O[C@H](COC(=O)CCCCCCCCCCCC(C)C)COP(=O)(O)OC[C@H](O)COP(=O)(O)OC[C@@H](COC(=O)CCCCCCCCCCCCCCCCC(C)C)OC(=O)CCCCCCCCCCCCCCCCCCC(C)C. The summed E-state index contributed by atoms with van der Waals surface area (Å²) < 4.78 is 68.8. The highest BCUT2D eigenvalue weighted by Crippen LogP contribution is 2.45. The zero-order chi connectivity index (χ0) is 75.1. The number of carbonyl (C=O) groups is 4. The molecule has 0 heterocycles. The van der Waals surface area contributed by atoms with E-state index in [2.05, 4.69) is 48.5 Å². The molecule has 0 aliphatic rings. The highest BCUT2D eigenvalue weighted by molar-refractivity contribution is 7.47. The van der Waals surface area contributed by atoms with Crippen LogP contribution in [0.25, 0.3) is 0 Å². The number of hydrogen-bond acceptors (Lipinski definition) is 15. The van der Waals surface area contributed by atoms with Crippen molar-refractivity contribution in [3.63, 3.8) is 0 Å². The Morgan fingerprint density at radius 1 is 0.265 bits per heavy atom. The number of esters is 4. The maximum Gasteiger partial charge on any atom is 0.472 e. The molecule has 0 rings (SSSR count). The van der Waals surface area contributed by atoms with Gasteiger partial charge >= 0.3 is 39.5 Å². The molecule has 0 radical (unpaired) electrons. The molecular formula is C83H162O17P2. The summed E-state index contributed by atoms with van der Waals surface area (Å²) in [5.74, 6) is 0.246. The molecule has 0 aliphatic carbocycles. The lowest BCUT2D eigenvalue weighted by Gasteiger charge is -2.21. The van der Waals surface area contributed by atoms with Crippen LogP contribution in [-0.2, 0) is 65.4 Å². The first-order chi connectivity index (χ1) is 49.2. The van der Waals surface area contributed by atoms with Crippen molar-refractivity contribution < 1.29 is 80.2 Å². The zero-order valence-electron chi connectivity index (χ0n) is 67.1. The monoisotopic (exact) mass is 1490 g/mol. The summed E-state index contributed by atoms with van der Waals surface area (Å²) >= 11 is 0. The quantitative estimate of drug-likeness (QED) is 0.0222. The fourth-order valence-electron chi connectivity index (χ4n) is 12.8. The van der Waals surface area contributed by atoms with Crippen LogP contribution in [-0.4, -0.2) is 96.7 Å². The highest BCUT2D eigenvalue weighted by atomic mass is 31.2. The lowest BCUT2D eigenvalue weighted by atomic mass is 10.0. The summed E-state index contributed by atoms with van der Waals surface area (Å²) in [4.78, 5) is 73.1. The van der Waals surface area contributed by atoms with E-state index in [0.717, 1.165) is 108 Å². The zero-order valence-corrected chi connectivity index (χ0v) is 68.9. The van der Waals surface area contributed by atoms with Gasteiger partial charge in [-0.2, -0.15) is 0 Å². The van der Waals surface area contributed by atoms with Gasteiger partial charge in [0, 0.05) is 25.7 Å². The third-order valence-corrected chi connectivity index (χ3v) is 21.3. The molecule has 0 saturated carbocycles. The highest BCUT2D eigenvalue weighted by Gasteiger charge is 2.30. The number of carbonyl (C=O) groups excluding carboxylic acids is 4. The maximum absolute atomic E-state index is 13.1. The van der Waals surface area contributed by atoms with Gasteiger partial charge in [0.25, 0.3) is 0 Å². The van der Waals surface area contributed by atoms with E-state index in [1.54, 1.807) is 0 Å². The van der Waals surface area contributed by atoms with Gasteiger partial charge in [-0.25, -0.2) is 9.13 Å². The minimum Gasteiger partial charge on any atom is -0.462 e. The number of aliphatic hydroxyl groups is 1. The summed E-state index contributed by atoms with van der Waals surface area (Å²) in [5, 5.41) is 10.7. The van der Waals surface area contributed by atoms with Gasteiger partial charge in [0.05, 0.1) is 26.4 Å². The predicted molar refractivity (Wildman–Crippen MR) is 418 cm³/mol. The Hall–Kier alpha value is -1.94. The number of aliphatic hydroxyl groups excluding tert-OH is 1. The summed E-state index contributed by atoms with van der Waals surface area (Å²) in [7, 11) is -9.92. The van der Waals surface area contributed by atoms with Crippen molar-refractivity contribution in [3.8, 4) is 0 Å². The number of phosphoric acid groups is 2. The number of hydrogen-bond donors (Lipinski definition) is 3. The Morgan fingerprint density at radius 2 is 0.451 bits per heavy atom. The second-order valence-corrected chi connectivity index (χ2v) is 34.2. The second kappa shape index (κ2) is 73.2. The van der Waals surface area contributed by atoms with Crippen molar-refractivity contribution in [1.82, 2.24) is 0 Å². The Labute approximate surface area is 626 Å². The fraction of sp³-hybridized carbons (Fsp3) is 0.952. The molecule has 0 aliphatic heterocycles. The largest absolute Gasteiger partial charge is 0.472 e. The van der Waals surface area contributed by atoms with Crippen LogP contribution in [0.3, 0.4) is 0 Å². The molecule has 0 spiro atoms. The van der Waals surface area contributed by atoms with E-state index < -0.39 is 97.5 Å². The van der Waals surface area contributed by atoms with E-state index in [1.165, 1.54) is 244 Å². The Balaban J connectivity index is 5.26. The molecule has 606 valence electrons. The van der Waals surface area contributed by atoms with E-state index in [0.29, 0.717) is 25.7 Å². The van der Waals surface area contributed by atoms with Gasteiger partial charge in [-0.1, -0.05) is 382 Å². The first-order valence-corrected chi connectivity index (χ1v) is 45.8. The number of phosphoric ester groups is 2. The molecule has 3 N–H and O–H groups in total. The molecule has 102 heavy (non-hydrogen) atoms. The van der Waals surface area contributed by atoms with Crippen LogP contribution in [0.2, 0.25) is 0 Å². The van der Waals surface area contributed by atoms with E-state index in [1.807, 2.05) is 0 Å². The van der Waals surface area contributed by atoms with Gasteiger partial charge in [0.15, 0.2) is 12.2 Å². The van der Waals surface area contributed by atoms with Crippen LogP contribution >= 0.6 is 15.6 Å². The average Bonchev–Trinajstić information content (AvgIpc) is 0.906. The lowest BCUT2D eigenvalue weighted by Crippen LogP contribution is -2.30. The molecular weight excluding hydrogens is 1330 g/mol. The van der Waals surface area contributed by atoms with Crippen LogP contribution in [0.5, 0.6) is 0 Å². The maximum atomic E-state index is 13.1. The standard InChI is InChI=1S/C83H162O17P2/c1-8-9-10-11-12-13-14-15-24-30-37-45-52-59-66-82(87)100-79(71-94-81(86)65-58-51-44-39-32-35-42-49-56-63-76(6)7)73-98-102(91,92)96-69-77(84)68-95-101(89,90)97-72-78(70-93-80(85)64-57-50-43-36-29-25-21-20-23-28-34-41-48-55-62-75(4)5)99-83(88)67-60-53-46-38-31-26-19-17-16-18-22-27-33-40-47-54-61-74(2)3/h74-79,84H,8-73H2,1-7H3,(H,89,90)(H,91,92)/t77-,78-,79-/m1/s1. The normalized spacial score (nSPS) is 13.9. The number of ether oxygens (including phenoxy) is 4. The molecule has 0 saturated heterocycles. The van der Waals surface area contributed by atoms with E-state index in [9.17, 15) is 43.2 Å². The molecule has 0 aromatic rings. The van der Waals surface area contributed by atoms with Crippen molar-refractivity contribution in [3.05, 3.63) is 0 Å². The molecule has 19 heteroatoms. The molecule has 5 atom stereocenters. The van der Waals surface area contributed by atoms with Crippen LogP contribution in [0.4, 0.5) is 0 Å². The van der Waals surface area contributed by atoms with Gasteiger partial charge in [-0.15, -0.1) is 0 Å². The van der Waals surface area contributed by atoms with Crippen molar-refractivity contribution in [2.45, 2.75) is 452 Å². The van der Waals surface area contributed by atoms with Gasteiger partial charge in [0.1, 0.15) is 19.3 Å². The lowest BCUT2D eigenvalue weighted by molar-refractivity contribution is -0.161. The molecule has 0 amide bonds. The van der Waals surface area contributed by atoms with Crippen LogP contribution < -0.4 is 0 Å². The van der Waals surface area contributed by atoms with Crippen molar-refractivity contribution >= 4 is 39.5 Å². The summed E-state index contributed by atoms with van der Waals surface area (Å²) in [5.41, 5.74) is 0. The third-order valence-electron chi connectivity index (χ3n) is 19.4. The fourth-order valence-corrected chi connectivity index (χ4v) is 14.4. The van der Waals surface area contributed by atoms with Gasteiger partial charge in [0.2, 0.25) is 0 Å². The Morgan fingerprint density at radius 3 is 0.667 bits per heavy atom. The smallest absolute Gasteiger partial charge is 0.462 e. The van der Waals surface area contributed by atoms with Gasteiger partial charge in [-0.05, 0) is 43.4 Å². The molecule has 0 bridgehead atoms. The third kappa shape index (κ3) is 76.3. The predicted octanol–water partition coefficient (Wildman–Crippen LogP) is 24.9. The van der Waals surface area contributed by atoms with Crippen molar-refractivity contribution in [1.29, 1.82) is 0 Å². The van der Waals surface area contributed by atoms with E-state index in [4.69, 9.17) is 37.0 Å². The first-order valence-electron chi connectivity index (χ1n) is 42.8. The summed E-state index contributed by atoms with van der Waals surface area (Å²) in [6.45, 7) is 12.0. The van der Waals surface area contributed by atoms with Crippen LogP contribution in [0.15, 0.2) is 0 Å². The average molecular weight is 1490 g/mol.